The summed E-state index contributed by atoms with van der Waals surface area (Å²) in [6.45, 7) is 0.0650. The fourth-order valence-corrected chi connectivity index (χ4v) is 4.80. The maximum absolute atomic E-state index is 12.6. The van der Waals surface area contributed by atoms with Crippen molar-refractivity contribution in [1.82, 2.24) is 20.0 Å². The first-order valence-corrected chi connectivity index (χ1v) is 10.5. The van der Waals surface area contributed by atoms with E-state index < -0.39 is 11.7 Å². The zero-order valence-corrected chi connectivity index (χ0v) is 17.7. The number of carbonyl (C=O) groups excluding carboxylic acids is 3. The molecule has 3 heterocycles. The van der Waals surface area contributed by atoms with E-state index in [1.165, 1.54) is 20.9 Å². The fourth-order valence-electron chi connectivity index (χ4n) is 3.32. The summed E-state index contributed by atoms with van der Waals surface area (Å²) in [7, 11) is 0. The Balaban J connectivity index is 1.35. The Bertz CT molecular complexity index is 1310. The van der Waals surface area contributed by atoms with Crippen molar-refractivity contribution < 1.29 is 14.4 Å². The van der Waals surface area contributed by atoms with Crippen LogP contribution in [0.5, 0.6) is 0 Å². The summed E-state index contributed by atoms with van der Waals surface area (Å²) in [5.41, 5.74) is 2.13. The number of rotatable bonds is 5. The van der Waals surface area contributed by atoms with Gasteiger partial charge in [0.25, 0.3) is 11.7 Å². The minimum Gasteiger partial charge on any atom is -0.297 e. The highest BCUT2D eigenvalue weighted by atomic mass is 79.9. The van der Waals surface area contributed by atoms with Crippen LogP contribution in [-0.4, -0.2) is 37.5 Å². The number of ketones is 2. The van der Waals surface area contributed by atoms with Gasteiger partial charge in [0.1, 0.15) is 12.2 Å². The van der Waals surface area contributed by atoms with E-state index in [0.717, 1.165) is 10.2 Å². The molecular weight excluding hydrogens is 470 g/mol. The molecule has 4 aromatic rings. The van der Waals surface area contributed by atoms with Gasteiger partial charge in [0, 0.05) is 4.47 Å². The molecule has 0 spiro atoms. The Labute approximate surface area is 182 Å². The first-order chi connectivity index (χ1) is 14.5. The zero-order chi connectivity index (χ0) is 20.8. The van der Waals surface area contributed by atoms with Gasteiger partial charge in [0.05, 0.1) is 34.2 Å². The standard InChI is InChI=1S/C20H12BrN5O3S/c21-13-5-3-4-12-17(13)26(20(29)18(12)28)9-11-8-25(24-23-11)10-15(27)19-22-14-6-1-2-7-16(14)30-19/h1-8H,9-10H2. The Morgan fingerprint density at radius 2 is 1.93 bits per heavy atom. The van der Waals surface area contributed by atoms with Crippen molar-refractivity contribution in [2.24, 2.45) is 0 Å². The van der Waals surface area contributed by atoms with Gasteiger partial charge in [0.15, 0.2) is 5.01 Å². The first-order valence-electron chi connectivity index (χ1n) is 8.94. The highest BCUT2D eigenvalue weighted by molar-refractivity contribution is 9.10. The van der Waals surface area contributed by atoms with Crippen LogP contribution in [0.2, 0.25) is 0 Å². The number of halogens is 1. The minimum atomic E-state index is -0.614. The molecule has 0 N–H and O–H groups in total. The predicted molar refractivity (Wildman–Crippen MR) is 114 cm³/mol. The van der Waals surface area contributed by atoms with Crippen molar-refractivity contribution in [2.75, 3.05) is 4.90 Å². The third kappa shape index (κ3) is 3.14. The molecule has 0 aliphatic carbocycles. The van der Waals surface area contributed by atoms with Crippen molar-refractivity contribution in [3.8, 4) is 0 Å². The molecule has 148 valence electrons. The van der Waals surface area contributed by atoms with Crippen LogP contribution in [0.3, 0.4) is 0 Å². The summed E-state index contributed by atoms with van der Waals surface area (Å²) in [5, 5.41) is 8.45. The Hall–Kier alpha value is -3.24. The van der Waals surface area contributed by atoms with Crippen LogP contribution < -0.4 is 4.90 Å². The maximum atomic E-state index is 12.6. The van der Waals surface area contributed by atoms with E-state index in [0.29, 0.717) is 26.4 Å². The molecule has 0 saturated heterocycles. The highest BCUT2D eigenvalue weighted by Gasteiger charge is 2.37. The van der Waals surface area contributed by atoms with Crippen LogP contribution in [0.4, 0.5) is 5.69 Å². The monoisotopic (exact) mass is 481 g/mol. The second-order valence-electron chi connectivity index (χ2n) is 6.67. The van der Waals surface area contributed by atoms with E-state index in [1.54, 1.807) is 24.4 Å². The molecule has 0 atom stereocenters. The highest BCUT2D eigenvalue weighted by Crippen LogP contribution is 2.36. The van der Waals surface area contributed by atoms with Crippen molar-refractivity contribution in [3.63, 3.8) is 0 Å². The number of hydrogen-bond donors (Lipinski definition) is 0. The largest absolute Gasteiger partial charge is 0.299 e. The Kier molecular flexibility index (Phi) is 4.52. The van der Waals surface area contributed by atoms with Crippen molar-refractivity contribution in [3.05, 3.63) is 69.4 Å². The summed E-state index contributed by atoms with van der Waals surface area (Å²) in [6.07, 6.45) is 1.60. The lowest BCUT2D eigenvalue weighted by Crippen LogP contribution is -2.29. The second kappa shape index (κ2) is 7.22. The molecule has 5 rings (SSSR count). The number of anilines is 1. The van der Waals surface area contributed by atoms with Crippen LogP contribution in [0, 0.1) is 0 Å². The average Bonchev–Trinajstić information content (AvgIpc) is 3.42. The lowest BCUT2D eigenvalue weighted by atomic mass is 10.1. The van der Waals surface area contributed by atoms with Crippen molar-refractivity contribution in [1.29, 1.82) is 0 Å². The molecule has 1 amide bonds. The summed E-state index contributed by atoms with van der Waals surface area (Å²) < 4.78 is 3.01. The van der Waals surface area contributed by atoms with Gasteiger partial charge in [-0.05, 0) is 40.2 Å². The van der Waals surface area contributed by atoms with Crippen LogP contribution >= 0.6 is 27.3 Å². The lowest BCUT2D eigenvalue weighted by Gasteiger charge is -2.15. The number of thiazole rings is 1. The number of fused-ring (bicyclic) bond motifs is 2. The SMILES string of the molecule is O=C(Cn1cc(CN2C(=O)C(=O)c3cccc(Br)c32)nn1)c1nc2ccccc2s1. The normalized spacial score (nSPS) is 13.3. The van der Waals surface area contributed by atoms with E-state index in [-0.39, 0.29) is 18.9 Å². The van der Waals surface area contributed by atoms with Crippen LogP contribution in [0.1, 0.15) is 25.9 Å². The summed E-state index contributed by atoms with van der Waals surface area (Å²) in [6, 6.07) is 12.7. The molecule has 0 bridgehead atoms. The molecule has 1 aliphatic rings. The summed E-state index contributed by atoms with van der Waals surface area (Å²) in [5.74, 6) is -1.34. The van der Waals surface area contributed by atoms with Gasteiger partial charge in [-0.1, -0.05) is 23.4 Å². The molecule has 0 saturated carbocycles. The number of benzene rings is 2. The maximum Gasteiger partial charge on any atom is 0.299 e. The number of nitrogens with zero attached hydrogens (tertiary/aromatic N) is 5. The van der Waals surface area contributed by atoms with E-state index in [2.05, 4.69) is 31.2 Å². The smallest absolute Gasteiger partial charge is 0.297 e. The number of Topliss-reactive ketones (excluding diaryl/α,β-unsaturated/α-hetero) is 2. The predicted octanol–water partition coefficient (Wildman–Crippen LogP) is 3.26. The molecule has 30 heavy (non-hydrogen) atoms. The molecule has 8 nitrogen and oxygen atoms in total. The quantitative estimate of drug-likeness (QED) is 0.320. The van der Waals surface area contributed by atoms with E-state index >= 15 is 0 Å². The zero-order valence-electron chi connectivity index (χ0n) is 15.3. The average molecular weight is 482 g/mol. The Morgan fingerprint density at radius 1 is 1.10 bits per heavy atom. The number of aromatic nitrogens is 4. The van der Waals surface area contributed by atoms with Crippen LogP contribution in [0.25, 0.3) is 10.2 Å². The van der Waals surface area contributed by atoms with Crippen molar-refractivity contribution in [2.45, 2.75) is 13.1 Å². The van der Waals surface area contributed by atoms with Crippen molar-refractivity contribution >= 4 is 60.6 Å². The molecule has 2 aromatic heterocycles. The molecule has 1 aliphatic heterocycles. The van der Waals surface area contributed by atoms with E-state index in [4.69, 9.17) is 0 Å². The number of amides is 1. The third-order valence-electron chi connectivity index (χ3n) is 4.68. The summed E-state index contributed by atoms with van der Waals surface area (Å²) in [4.78, 5) is 43.0. The minimum absolute atomic E-state index is 0.0139. The topological polar surface area (TPSA) is 98.1 Å². The molecule has 2 aromatic carbocycles. The molecule has 10 heteroatoms. The second-order valence-corrected chi connectivity index (χ2v) is 8.56. The molecule has 0 unspecified atom stereocenters. The molecule has 0 fully saturated rings. The summed E-state index contributed by atoms with van der Waals surface area (Å²) >= 11 is 4.73. The van der Waals surface area contributed by atoms with Gasteiger partial charge in [-0.3, -0.25) is 19.3 Å². The van der Waals surface area contributed by atoms with Gasteiger partial charge >= 0.3 is 0 Å². The van der Waals surface area contributed by atoms with E-state index in [1.807, 2.05) is 24.3 Å². The molecule has 0 radical (unpaired) electrons. The van der Waals surface area contributed by atoms with Gasteiger partial charge < -0.3 is 0 Å². The van der Waals surface area contributed by atoms with Crippen LogP contribution in [-0.2, 0) is 17.9 Å². The van der Waals surface area contributed by atoms with Gasteiger partial charge in [-0.25, -0.2) is 9.67 Å². The lowest BCUT2D eigenvalue weighted by molar-refractivity contribution is -0.114. The number of hydrogen-bond acceptors (Lipinski definition) is 7. The first kappa shape index (κ1) is 18.8. The Morgan fingerprint density at radius 3 is 2.77 bits per heavy atom. The number of para-hydroxylation sites is 2. The number of carbonyl (C=O) groups is 3. The van der Waals surface area contributed by atoms with Gasteiger partial charge in [0.2, 0.25) is 5.78 Å². The third-order valence-corrected chi connectivity index (χ3v) is 6.40. The van der Waals surface area contributed by atoms with Gasteiger partial charge in [-0.2, -0.15) is 0 Å². The van der Waals surface area contributed by atoms with Gasteiger partial charge in [-0.15, -0.1) is 16.4 Å². The van der Waals surface area contributed by atoms with E-state index in [9.17, 15) is 14.4 Å². The molecular formula is C20H12BrN5O3S. The van der Waals surface area contributed by atoms with Crippen LogP contribution in [0.15, 0.2) is 53.1 Å². The fraction of sp³-hybridized carbons (Fsp3) is 0.100.